The van der Waals surface area contributed by atoms with Gasteiger partial charge in [-0.15, -0.1) is 0 Å². The van der Waals surface area contributed by atoms with Crippen molar-refractivity contribution in [2.45, 2.75) is 5.41 Å². The number of benzene rings is 9. The van der Waals surface area contributed by atoms with Gasteiger partial charge in [0.05, 0.1) is 22.5 Å². The first-order valence-electron chi connectivity index (χ1n) is 20.1. The van der Waals surface area contributed by atoms with E-state index in [9.17, 15) is 0 Å². The molecule has 1 aromatic heterocycles. The Labute approximate surface area is 338 Å². The molecule has 0 N–H and O–H groups in total. The molecule has 1 spiro atoms. The molecule has 270 valence electrons. The summed E-state index contributed by atoms with van der Waals surface area (Å²) in [5.41, 5.74) is 17.5. The average molecular weight is 737 g/mol. The lowest BCUT2D eigenvalue weighted by molar-refractivity contribution is 0.754. The summed E-state index contributed by atoms with van der Waals surface area (Å²) in [4.78, 5) is 7.84. The summed E-state index contributed by atoms with van der Waals surface area (Å²) in [5.74, 6) is 0. The van der Waals surface area contributed by atoms with E-state index in [1.165, 1.54) is 83.0 Å². The molecule has 2 nitrogen and oxygen atoms in total. The fourth-order valence-electron chi connectivity index (χ4n) is 10.3. The van der Waals surface area contributed by atoms with Crippen molar-refractivity contribution in [2.75, 3.05) is 4.90 Å². The van der Waals surface area contributed by atoms with Crippen LogP contribution in [0.25, 0.3) is 66.2 Å². The number of hydrogen-bond acceptors (Lipinski definition) is 2. The van der Waals surface area contributed by atoms with Gasteiger partial charge < -0.3 is 4.90 Å². The topological polar surface area (TPSA) is 16.1 Å². The maximum Gasteiger partial charge on any atom is 0.0760 e. The number of hydrogen-bond donors (Lipinski definition) is 0. The van der Waals surface area contributed by atoms with E-state index in [0.717, 1.165) is 22.5 Å². The highest BCUT2D eigenvalue weighted by molar-refractivity contribution is 6.21. The van der Waals surface area contributed by atoms with Crippen molar-refractivity contribution in [2.24, 2.45) is 0 Å². The third-order valence-electron chi connectivity index (χ3n) is 12.5. The molecule has 1 aliphatic carbocycles. The van der Waals surface area contributed by atoms with Crippen molar-refractivity contribution in [3.8, 4) is 44.6 Å². The number of nitrogens with zero attached hydrogens (tertiary/aromatic N) is 2. The minimum atomic E-state index is -0.568. The lowest BCUT2D eigenvalue weighted by Crippen LogP contribution is -2.36. The lowest BCUT2D eigenvalue weighted by Gasteiger charge is -2.45. The number of pyridine rings is 1. The van der Waals surface area contributed by atoms with E-state index in [1.807, 2.05) is 0 Å². The van der Waals surface area contributed by atoms with Gasteiger partial charge >= 0.3 is 0 Å². The molecular formula is C56H36N2. The predicted octanol–water partition coefficient (Wildman–Crippen LogP) is 14.5. The first kappa shape index (κ1) is 32.7. The highest BCUT2D eigenvalue weighted by Crippen LogP contribution is 2.64. The molecule has 9 aromatic carbocycles. The molecule has 2 aliphatic rings. The summed E-state index contributed by atoms with van der Waals surface area (Å²) in [6, 6.07) is 77.5. The van der Waals surface area contributed by atoms with E-state index in [1.54, 1.807) is 0 Å². The zero-order valence-corrected chi connectivity index (χ0v) is 31.7. The summed E-state index contributed by atoms with van der Waals surface area (Å²) in [5, 5.41) is 4.93. The van der Waals surface area contributed by atoms with Crippen molar-refractivity contribution >= 4 is 38.6 Å². The van der Waals surface area contributed by atoms with Crippen molar-refractivity contribution in [3.63, 3.8) is 0 Å². The first-order valence-corrected chi connectivity index (χ1v) is 20.1. The highest BCUT2D eigenvalue weighted by atomic mass is 15.2. The Morgan fingerprint density at radius 2 is 0.828 bits per heavy atom. The van der Waals surface area contributed by atoms with Crippen molar-refractivity contribution in [1.29, 1.82) is 0 Å². The second kappa shape index (κ2) is 12.7. The van der Waals surface area contributed by atoms with E-state index in [2.05, 4.69) is 223 Å². The summed E-state index contributed by atoms with van der Waals surface area (Å²) in [7, 11) is 0. The summed E-state index contributed by atoms with van der Waals surface area (Å²) in [6.45, 7) is 0. The smallest absolute Gasteiger partial charge is 0.0760 e. The minimum absolute atomic E-state index is 0.568. The second-order valence-corrected chi connectivity index (χ2v) is 15.4. The molecule has 2 heteroatoms. The number of rotatable bonds is 4. The summed E-state index contributed by atoms with van der Waals surface area (Å²) >= 11 is 0. The third kappa shape index (κ3) is 4.51. The van der Waals surface area contributed by atoms with Crippen molar-refractivity contribution in [1.82, 2.24) is 4.98 Å². The maximum atomic E-state index is 5.40. The molecule has 0 amide bonds. The summed E-state index contributed by atoms with van der Waals surface area (Å²) in [6.07, 6.45) is 2.10. The van der Waals surface area contributed by atoms with Gasteiger partial charge in [-0.2, -0.15) is 0 Å². The van der Waals surface area contributed by atoms with Gasteiger partial charge in [-0.05, 0) is 102 Å². The second-order valence-electron chi connectivity index (χ2n) is 15.4. The highest BCUT2D eigenvalue weighted by Gasteiger charge is 2.52. The van der Waals surface area contributed by atoms with Crippen LogP contribution in [0.3, 0.4) is 0 Å². The summed E-state index contributed by atoms with van der Waals surface area (Å²) < 4.78 is 0. The fourth-order valence-corrected chi connectivity index (χ4v) is 10.3. The van der Waals surface area contributed by atoms with Crippen LogP contribution in [-0.4, -0.2) is 4.98 Å². The molecule has 0 saturated heterocycles. The Hall–Kier alpha value is -7.55. The molecule has 12 rings (SSSR count). The zero-order valence-electron chi connectivity index (χ0n) is 31.7. The standard InChI is InChI=1S/C56H36N2/c1-3-18-37(19-4-1)53-41-23-7-9-25-43(41)54(44-26-10-8-24-42(44)53)38-34-35-50(57-36-38)46-28-17-27-45-40-22-11-12-29-47(40)56(55(45)46)48-30-13-15-32-51(48)58(39-20-5-2-6-21-39)52-33-16-14-31-49(52)56/h1-36H. The number of fused-ring (bicyclic) bond motifs is 11. The maximum absolute atomic E-state index is 5.40. The van der Waals surface area contributed by atoms with Crippen LogP contribution in [0.2, 0.25) is 0 Å². The normalized spacial score (nSPS) is 13.3. The fraction of sp³-hybridized carbons (Fsp3) is 0.0179. The molecule has 0 atom stereocenters. The largest absolute Gasteiger partial charge is 0.310 e. The molecule has 0 unspecified atom stereocenters. The van der Waals surface area contributed by atoms with Gasteiger partial charge in [-0.1, -0.05) is 182 Å². The minimum Gasteiger partial charge on any atom is -0.310 e. The Morgan fingerprint density at radius 3 is 1.43 bits per heavy atom. The van der Waals surface area contributed by atoms with Gasteiger partial charge in [-0.3, -0.25) is 4.98 Å². The average Bonchev–Trinajstić information content (AvgIpc) is 3.60. The van der Waals surface area contributed by atoms with Crippen LogP contribution in [0.4, 0.5) is 17.1 Å². The van der Waals surface area contributed by atoms with Crippen LogP contribution in [0.5, 0.6) is 0 Å². The number of anilines is 3. The van der Waals surface area contributed by atoms with Gasteiger partial charge in [0.15, 0.2) is 0 Å². The Balaban J connectivity index is 1.09. The van der Waals surface area contributed by atoms with Crippen LogP contribution in [0, 0.1) is 0 Å². The van der Waals surface area contributed by atoms with E-state index in [-0.39, 0.29) is 0 Å². The molecule has 1 aliphatic heterocycles. The molecule has 0 saturated carbocycles. The number of aromatic nitrogens is 1. The molecule has 2 heterocycles. The van der Waals surface area contributed by atoms with Gasteiger partial charge in [0, 0.05) is 23.0 Å². The molecule has 58 heavy (non-hydrogen) atoms. The van der Waals surface area contributed by atoms with Crippen LogP contribution in [-0.2, 0) is 5.41 Å². The predicted molar refractivity (Wildman–Crippen MR) is 241 cm³/mol. The molecule has 0 bridgehead atoms. The quantitative estimate of drug-likeness (QED) is 0.167. The van der Waals surface area contributed by atoms with Gasteiger partial charge in [0.1, 0.15) is 0 Å². The van der Waals surface area contributed by atoms with Crippen LogP contribution >= 0.6 is 0 Å². The van der Waals surface area contributed by atoms with Crippen molar-refractivity contribution < 1.29 is 0 Å². The van der Waals surface area contributed by atoms with E-state index in [0.29, 0.717) is 0 Å². The lowest BCUT2D eigenvalue weighted by atomic mass is 9.63. The van der Waals surface area contributed by atoms with Gasteiger partial charge in [-0.25, -0.2) is 0 Å². The number of para-hydroxylation sites is 3. The van der Waals surface area contributed by atoms with Crippen LogP contribution < -0.4 is 4.90 Å². The first-order chi connectivity index (χ1) is 28.8. The van der Waals surface area contributed by atoms with Gasteiger partial charge in [0.2, 0.25) is 0 Å². The van der Waals surface area contributed by atoms with Crippen LogP contribution in [0.1, 0.15) is 22.3 Å². The van der Waals surface area contributed by atoms with Crippen LogP contribution in [0.15, 0.2) is 219 Å². The Bertz CT molecular complexity index is 3120. The Kier molecular flexibility index (Phi) is 7.18. The van der Waals surface area contributed by atoms with E-state index in [4.69, 9.17) is 4.98 Å². The van der Waals surface area contributed by atoms with Gasteiger partial charge in [0.25, 0.3) is 0 Å². The third-order valence-corrected chi connectivity index (χ3v) is 12.5. The molecule has 0 radical (unpaired) electrons. The Morgan fingerprint density at radius 1 is 0.345 bits per heavy atom. The van der Waals surface area contributed by atoms with E-state index >= 15 is 0 Å². The molecular weight excluding hydrogens is 701 g/mol. The zero-order chi connectivity index (χ0) is 38.2. The monoisotopic (exact) mass is 736 g/mol. The molecule has 10 aromatic rings. The van der Waals surface area contributed by atoms with E-state index < -0.39 is 5.41 Å². The SMILES string of the molecule is c1ccc(-c2c3ccccc3c(-c3ccc(-c4cccc5c4C4(c6ccccc6-5)c5ccccc5N(c5ccccc5)c5ccccc54)nc3)c3ccccc23)cc1. The molecule has 0 fully saturated rings. The van der Waals surface area contributed by atoms with Crippen molar-refractivity contribution in [3.05, 3.63) is 241 Å².